The van der Waals surface area contributed by atoms with Crippen molar-refractivity contribution in [2.45, 2.75) is 23.6 Å². The van der Waals surface area contributed by atoms with Crippen LogP contribution in [-0.4, -0.2) is 59.0 Å². The zero-order valence-corrected chi connectivity index (χ0v) is 20.7. The van der Waals surface area contributed by atoms with Crippen molar-refractivity contribution in [1.29, 1.82) is 0 Å². The van der Waals surface area contributed by atoms with Crippen LogP contribution < -0.4 is 4.74 Å². The molecule has 35 heavy (non-hydrogen) atoms. The Hall–Kier alpha value is -3.25. The number of amides is 2. The third-order valence-electron chi connectivity index (χ3n) is 7.13. The van der Waals surface area contributed by atoms with Gasteiger partial charge in [0, 0.05) is 31.0 Å². The molecule has 0 atom stereocenters. The number of nitrogens with zero attached hydrogens (tertiary/aromatic N) is 2. The number of hydrogen-bond acceptors (Lipinski definition) is 4. The van der Waals surface area contributed by atoms with Gasteiger partial charge in [-0.25, -0.2) is 0 Å². The molecule has 2 aliphatic rings. The average Bonchev–Trinajstić information content (AvgIpc) is 3.32. The lowest BCUT2D eigenvalue weighted by Crippen LogP contribution is -2.54. The van der Waals surface area contributed by atoms with Crippen molar-refractivity contribution >= 4 is 23.6 Å². The number of carbonyl (C=O) groups excluding carboxylic acids is 2. The maximum Gasteiger partial charge on any atom is 0.255 e. The quantitative estimate of drug-likeness (QED) is 0.507. The fourth-order valence-corrected chi connectivity index (χ4v) is 6.68. The van der Waals surface area contributed by atoms with Crippen LogP contribution in [0, 0.1) is 0 Å². The topological polar surface area (TPSA) is 49.9 Å². The number of ether oxygens (including phenoxy) is 1. The first-order valence-electron chi connectivity index (χ1n) is 12.1. The lowest BCUT2D eigenvalue weighted by molar-refractivity contribution is -0.133. The Morgan fingerprint density at radius 2 is 1.40 bits per heavy atom. The van der Waals surface area contributed by atoms with Crippen LogP contribution in [0.2, 0.25) is 0 Å². The summed E-state index contributed by atoms with van der Waals surface area (Å²) in [6, 6.07) is 27.4. The molecule has 0 bridgehead atoms. The van der Waals surface area contributed by atoms with E-state index < -0.39 is 0 Å². The van der Waals surface area contributed by atoms with Crippen molar-refractivity contribution in [3.63, 3.8) is 0 Å². The van der Waals surface area contributed by atoms with Gasteiger partial charge >= 0.3 is 0 Å². The summed E-state index contributed by atoms with van der Waals surface area (Å²) in [5.41, 5.74) is 2.70. The number of hydrogen-bond donors (Lipinski definition) is 0. The second kappa shape index (κ2) is 10.2. The number of likely N-dealkylation sites (tertiary alicyclic amines) is 1. The van der Waals surface area contributed by atoms with Crippen molar-refractivity contribution in [1.82, 2.24) is 9.80 Å². The van der Waals surface area contributed by atoms with E-state index in [1.807, 2.05) is 106 Å². The molecule has 180 valence electrons. The molecule has 2 fully saturated rings. The molecule has 0 aliphatic carbocycles. The molecule has 0 unspecified atom stereocenters. The third kappa shape index (κ3) is 4.67. The second-order valence-electron chi connectivity index (χ2n) is 9.06. The van der Waals surface area contributed by atoms with E-state index in [0.717, 1.165) is 42.0 Å². The summed E-state index contributed by atoms with van der Waals surface area (Å²) in [7, 11) is 1.62. The highest BCUT2D eigenvalue weighted by Crippen LogP contribution is 2.45. The van der Waals surface area contributed by atoms with E-state index in [2.05, 4.69) is 0 Å². The maximum atomic E-state index is 13.8. The molecule has 0 aromatic heterocycles. The lowest BCUT2D eigenvalue weighted by atomic mass is 9.89. The van der Waals surface area contributed by atoms with Gasteiger partial charge in [0.15, 0.2) is 0 Å². The second-order valence-corrected chi connectivity index (χ2v) is 10.5. The van der Waals surface area contributed by atoms with Gasteiger partial charge in [-0.15, -0.1) is 11.8 Å². The third-order valence-corrected chi connectivity index (χ3v) is 8.68. The summed E-state index contributed by atoms with van der Waals surface area (Å²) in [5.74, 6) is 1.54. The molecule has 0 saturated carbocycles. The molecule has 0 radical (unpaired) electrons. The smallest absolute Gasteiger partial charge is 0.255 e. The van der Waals surface area contributed by atoms with E-state index in [1.54, 1.807) is 7.11 Å². The SMILES string of the molecule is COc1ccc(C(=O)N2CCSC23CCN(C(=O)C(c2ccccc2)c2ccccc2)CC3)cc1. The van der Waals surface area contributed by atoms with Crippen molar-refractivity contribution in [2.24, 2.45) is 0 Å². The van der Waals surface area contributed by atoms with Crippen LogP contribution in [0.1, 0.15) is 40.2 Å². The van der Waals surface area contributed by atoms with Gasteiger partial charge in [-0.05, 0) is 48.2 Å². The summed E-state index contributed by atoms with van der Waals surface area (Å²) in [4.78, 5) is 31.0. The number of thioether (sulfide) groups is 1. The monoisotopic (exact) mass is 486 g/mol. The minimum Gasteiger partial charge on any atom is -0.497 e. The Balaban J connectivity index is 1.33. The Bertz CT molecular complexity index is 1120. The Labute approximate surface area is 211 Å². The predicted octanol–water partition coefficient (Wildman–Crippen LogP) is 5.04. The Morgan fingerprint density at radius 3 is 1.94 bits per heavy atom. The first-order valence-corrected chi connectivity index (χ1v) is 13.1. The molecule has 3 aromatic carbocycles. The van der Waals surface area contributed by atoms with Crippen LogP contribution in [0.4, 0.5) is 0 Å². The lowest BCUT2D eigenvalue weighted by Gasteiger charge is -2.44. The molecular weight excluding hydrogens is 456 g/mol. The molecule has 3 aromatic rings. The number of carbonyl (C=O) groups is 2. The van der Waals surface area contributed by atoms with Gasteiger partial charge in [0.05, 0.1) is 17.9 Å². The van der Waals surface area contributed by atoms with Crippen LogP contribution in [0.3, 0.4) is 0 Å². The van der Waals surface area contributed by atoms with Crippen molar-refractivity contribution < 1.29 is 14.3 Å². The van der Waals surface area contributed by atoms with Gasteiger partial charge in [0.1, 0.15) is 5.75 Å². The predicted molar refractivity (Wildman–Crippen MR) is 140 cm³/mol. The summed E-state index contributed by atoms with van der Waals surface area (Å²) in [6.07, 6.45) is 1.56. The Kier molecular flexibility index (Phi) is 6.82. The highest BCUT2D eigenvalue weighted by Gasteiger charge is 2.47. The van der Waals surface area contributed by atoms with E-state index in [4.69, 9.17) is 4.74 Å². The Morgan fingerprint density at radius 1 is 0.829 bits per heavy atom. The zero-order valence-electron chi connectivity index (χ0n) is 19.9. The summed E-state index contributed by atoms with van der Waals surface area (Å²) in [6.45, 7) is 2.03. The van der Waals surface area contributed by atoms with Crippen LogP contribution in [0.15, 0.2) is 84.9 Å². The highest BCUT2D eigenvalue weighted by molar-refractivity contribution is 8.00. The van der Waals surface area contributed by atoms with Gasteiger partial charge in [0.25, 0.3) is 5.91 Å². The summed E-state index contributed by atoms with van der Waals surface area (Å²) < 4.78 is 5.24. The number of rotatable bonds is 5. The van der Waals surface area contributed by atoms with E-state index in [0.29, 0.717) is 18.7 Å². The average molecular weight is 487 g/mol. The van der Waals surface area contributed by atoms with Crippen LogP contribution in [0.25, 0.3) is 0 Å². The van der Waals surface area contributed by atoms with E-state index in [-0.39, 0.29) is 22.6 Å². The number of piperidine rings is 1. The molecule has 0 N–H and O–H groups in total. The molecule has 5 rings (SSSR count). The van der Waals surface area contributed by atoms with Crippen molar-refractivity contribution in [3.05, 3.63) is 102 Å². The largest absolute Gasteiger partial charge is 0.497 e. The standard InChI is InChI=1S/C29H30N2O3S/c1-34-25-14-12-24(13-15-25)27(32)31-20-21-35-29(31)16-18-30(19-17-29)28(33)26(22-8-4-2-5-9-22)23-10-6-3-7-11-23/h2-15,26H,16-21H2,1H3. The van der Waals surface area contributed by atoms with Gasteiger partial charge in [-0.2, -0.15) is 0 Å². The zero-order chi connectivity index (χ0) is 24.3. The molecule has 1 spiro atoms. The van der Waals surface area contributed by atoms with Crippen LogP contribution in [-0.2, 0) is 4.79 Å². The summed E-state index contributed by atoms with van der Waals surface area (Å²) >= 11 is 1.86. The molecule has 5 nitrogen and oxygen atoms in total. The van der Waals surface area contributed by atoms with Gasteiger partial charge in [0.2, 0.25) is 5.91 Å². The van der Waals surface area contributed by atoms with Crippen molar-refractivity contribution in [2.75, 3.05) is 32.5 Å². The minimum absolute atomic E-state index is 0.0591. The van der Waals surface area contributed by atoms with Gasteiger partial charge in [-0.3, -0.25) is 9.59 Å². The molecule has 2 heterocycles. The number of methoxy groups -OCH3 is 1. The first kappa shape index (κ1) is 23.5. The van der Waals surface area contributed by atoms with E-state index in [9.17, 15) is 9.59 Å². The fraction of sp³-hybridized carbons (Fsp3) is 0.310. The van der Waals surface area contributed by atoms with Gasteiger partial charge < -0.3 is 14.5 Å². The van der Waals surface area contributed by atoms with Gasteiger partial charge in [-0.1, -0.05) is 60.7 Å². The van der Waals surface area contributed by atoms with Crippen molar-refractivity contribution in [3.8, 4) is 5.75 Å². The molecular formula is C29H30N2O3S. The molecule has 6 heteroatoms. The van der Waals surface area contributed by atoms with Crippen LogP contribution in [0.5, 0.6) is 5.75 Å². The van der Waals surface area contributed by atoms with Crippen LogP contribution >= 0.6 is 11.8 Å². The first-order chi connectivity index (χ1) is 17.1. The molecule has 2 saturated heterocycles. The highest BCUT2D eigenvalue weighted by atomic mass is 32.2. The molecule has 2 amide bonds. The number of benzene rings is 3. The summed E-state index contributed by atoms with van der Waals surface area (Å²) in [5, 5.41) is 0. The normalized spacial score (nSPS) is 17.1. The minimum atomic E-state index is -0.320. The molecule has 2 aliphatic heterocycles. The van der Waals surface area contributed by atoms with E-state index >= 15 is 0 Å². The maximum absolute atomic E-state index is 13.8. The van der Waals surface area contributed by atoms with E-state index in [1.165, 1.54) is 0 Å². The fourth-order valence-electron chi connectivity index (χ4n) is 5.23.